The van der Waals surface area contributed by atoms with E-state index in [0.29, 0.717) is 12.0 Å². The van der Waals surface area contributed by atoms with Gasteiger partial charge in [0.1, 0.15) is 5.01 Å². The summed E-state index contributed by atoms with van der Waals surface area (Å²) in [5.74, 6) is 0. The van der Waals surface area contributed by atoms with Crippen molar-refractivity contribution in [3.63, 3.8) is 0 Å². The summed E-state index contributed by atoms with van der Waals surface area (Å²) in [6, 6.07) is 0. The number of nitrogens with zero attached hydrogens (tertiary/aromatic N) is 1. The molecule has 0 saturated carbocycles. The quantitative estimate of drug-likeness (QED) is 0.719. The number of hydrogen-bond acceptors (Lipinski definition) is 3. The lowest BCUT2D eigenvalue weighted by atomic mass is 9.91. The van der Waals surface area contributed by atoms with Gasteiger partial charge in [0.15, 0.2) is 0 Å². The molecule has 1 heterocycles. The summed E-state index contributed by atoms with van der Waals surface area (Å²) in [4.78, 5) is 6.01. The molecule has 2 nitrogen and oxygen atoms in total. The van der Waals surface area contributed by atoms with Gasteiger partial charge in [-0.25, -0.2) is 4.98 Å². The molecule has 0 bridgehead atoms. The van der Waals surface area contributed by atoms with Crippen LogP contribution in [0, 0.1) is 0 Å². The van der Waals surface area contributed by atoms with Gasteiger partial charge in [-0.15, -0.1) is 11.3 Å². The Kier molecular flexibility index (Phi) is 1.73. The van der Waals surface area contributed by atoms with Crippen molar-refractivity contribution in [3.05, 3.63) is 15.6 Å². The number of aryl methyl sites for hydroxylation is 1. The third-order valence-corrected chi connectivity index (χ3v) is 3.67. The van der Waals surface area contributed by atoms with Crippen molar-refractivity contribution < 1.29 is 0 Å². The normalized spacial score (nSPS) is 19.6. The standard InChI is InChI=1S/C9H14N2S/c1-9(2)4-3-6-8(9)11-7(5-10)12-6/h3-5,10H2,1-2H3. The van der Waals surface area contributed by atoms with E-state index in [1.807, 2.05) is 0 Å². The molecule has 1 aliphatic carbocycles. The Morgan fingerprint density at radius 1 is 1.58 bits per heavy atom. The highest BCUT2D eigenvalue weighted by molar-refractivity contribution is 7.11. The van der Waals surface area contributed by atoms with Crippen LogP contribution in [0.4, 0.5) is 0 Å². The molecule has 0 aromatic carbocycles. The highest BCUT2D eigenvalue weighted by atomic mass is 32.1. The summed E-state index contributed by atoms with van der Waals surface area (Å²) in [7, 11) is 0. The Morgan fingerprint density at radius 2 is 2.33 bits per heavy atom. The van der Waals surface area contributed by atoms with Crippen LogP contribution in [0.1, 0.15) is 35.8 Å². The zero-order valence-electron chi connectivity index (χ0n) is 7.55. The van der Waals surface area contributed by atoms with Gasteiger partial charge in [-0.1, -0.05) is 13.8 Å². The van der Waals surface area contributed by atoms with Gasteiger partial charge in [0.25, 0.3) is 0 Å². The summed E-state index contributed by atoms with van der Waals surface area (Å²) in [5, 5.41) is 1.09. The van der Waals surface area contributed by atoms with Crippen LogP contribution in [0.15, 0.2) is 0 Å². The van der Waals surface area contributed by atoms with E-state index < -0.39 is 0 Å². The fraction of sp³-hybridized carbons (Fsp3) is 0.667. The second-order valence-corrected chi connectivity index (χ2v) is 5.14. The number of rotatable bonds is 1. The fourth-order valence-electron chi connectivity index (χ4n) is 1.73. The molecule has 0 atom stereocenters. The van der Waals surface area contributed by atoms with E-state index in [0.717, 1.165) is 5.01 Å². The molecule has 0 fully saturated rings. The number of thiazole rings is 1. The second-order valence-electron chi connectivity index (χ2n) is 3.97. The van der Waals surface area contributed by atoms with Gasteiger partial charge in [0, 0.05) is 16.8 Å². The smallest absolute Gasteiger partial charge is 0.107 e. The van der Waals surface area contributed by atoms with Gasteiger partial charge < -0.3 is 5.73 Å². The van der Waals surface area contributed by atoms with Crippen LogP contribution in [0.5, 0.6) is 0 Å². The van der Waals surface area contributed by atoms with Gasteiger partial charge in [-0.05, 0) is 12.8 Å². The first kappa shape index (κ1) is 8.20. The first-order chi connectivity index (χ1) is 5.63. The van der Waals surface area contributed by atoms with E-state index >= 15 is 0 Å². The molecule has 0 radical (unpaired) electrons. The second kappa shape index (κ2) is 2.54. The lowest BCUT2D eigenvalue weighted by Crippen LogP contribution is -2.13. The molecule has 12 heavy (non-hydrogen) atoms. The maximum atomic E-state index is 5.55. The third kappa shape index (κ3) is 1.08. The van der Waals surface area contributed by atoms with E-state index in [9.17, 15) is 0 Å². The molecule has 0 amide bonds. The maximum absolute atomic E-state index is 5.55. The van der Waals surface area contributed by atoms with Crippen LogP contribution in [-0.4, -0.2) is 4.98 Å². The molecule has 1 aliphatic rings. The van der Waals surface area contributed by atoms with Crippen molar-refractivity contribution >= 4 is 11.3 Å². The number of nitrogens with two attached hydrogens (primary N) is 1. The first-order valence-electron chi connectivity index (χ1n) is 4.32. The molecule has 0 saturated heterocycles. The van der Waals surface area contributed by atoms with Crippen molar-refractivity contribution in [3.8, 4) is 0 Å². The zero-order valence-corrected chi connectivity index (χ0v) is 8.37. The van der Waals surface area contributed by atoms with Gasteiger partial charge in [0.2, 0.25) is 0 Å². The zero-order chi connectivity index (χ0) is 8.77. The Bertz CT molecular complexity index is 301. The largest absolute Gasteiger partial charge is 0.325 e. The Labute approximate surface area is 76.8 Å². The Balaban J connectivity index is 2.44. The maximum Gasteiger partial charge on any atom is 0.107 e. The van der Waals surface area contributed by atoms with Crippen LogP contribution in [-0.2, 0) is 18.4 Å². The van der Waals surface area contributed by atoms with E-state index in [1.165, 1.54) is 23.4 Å². The highest BCUT2D eigenvalue weighted by Crippen LogP contribution is 2.40. The highest BCUT2D eigenvalue weighted by Gasteiger charge is 2.33. The summed E-state index contributed by atoms with van der Waals surface area (Å²) in [5.41, 5.74) is 7.14. The number of aromatic nitrogens is 1. The first-order valence-corrected chi connectivity index (χ1v) is 5.14. The molecular formula is C9H14N2S. The molecule has 1 aromatic heterocycles. The average molecular weight is 182 g/mol. The van der Waals surface area contributed by atoms with Crippen LogP contribution in [0.3, 0.4) is 0 Å². The average Bonchev–Trinajstić information content (AvgIpc) is 2.53. The monoisotopic (exact) mass is 182 g/mol. The van der Waals surface area contributed by atoms with E-state index in [-0.39, 0.29) is 0 Å². The summed E-state index contributed by atoms with van der Waals surface area (Å²) < 4.78 is 0. The lowest BCUT2D eigenvalue weighted by molar-refractivity contribution is 0.508. The van der Waals surface area contributed by atoms with Crippen molar-refractivity contribution in [1.82, 2.24) is 4.98 Å². The molecule has 0 spiro atoms. The minimum Gasteiger partial charge on any atom is -0.325 e. The number of fused-ring (bicyclic) bond motifs is 1. The molecule has 66 valence electrons. The van der Waals surface area contributed by atoms with Crippen LogP contribution < -0.4 is 5.73 Å². The van der Waals surface area contributed by atoms with Crippen molar-refractivity contribution in [2.45, 2.75) is 38.6 Å². The lowest BCUT2D eigenvalue weighted by Gasteiger charge is -2.15. The summed E-state index contributed by atoms with van der Waals surface area (Å²) >= 11 is 1.79. The predicted octanol–water partition coefficient (Wildman–Crippen LogP) is 1.83. The number of hydrogen-bond donors (Lipinski definition) is 1. The van der Waals surface area contributed by atoms with Gasteiger partial charge >= 0.3 is 0 Å². The van der Waals surface area contributed by atoms with E-state index in [4.69, 9.17) is 5.73 Å². The molecule has 0 unspecified atom stereocenters. The summed E-state index contributed by atoms with van der Waals surface area (Å²) in [6.45, 7) is 5.12. The van der Waals surface area contributed by atoms with E-state index in [2.05, 4.69) is 18.8 Å². The fourth-order valence-corrected chi connectivity index (χ4v) is 2.86. The minimum atomic E-state index is 0.291. The van der Waals surface area contributed by atoms with Gasteiger partial charge in [-0.2, -0.15) is 0 Å². The van der Waals surface area contributed by atoms with Crippen molar-refractivity contribution in [2.24, 2.45) is 5.73 Å². The molecule has 2 rings (SSSR count). The molecule has 1 aromatic rings. The van der Waals surface area contributed by atoms with E-state index in [1.54, 1.807) is 11.3 Å². The molecule has 0 aliphatic heterocycles. The summed E-state index contributed by atoms with van der Waals surface area (Å²) in [6.07, 6.45) is 2.44. The van der Waals surface area contributed by atoms with Gasteiger partial charge in [-0.3, -0.25) is 0 Å². The van der Waals surface area contributed by atoms with Crippen LogP contribution in [0.25, 0.3) is 0 Å². The Morgan fingerprint density at radius 3 is 2.92 bits per heavy atom. The molecule has 2 N–H and O–H groups in total. The molecule has 3 heteroatoms. The predicted molar refractivity (Wildman–Crippen MR) is 51.4 cm³/mol. The minimum absolute atomic E-state index is 0.291. The SMILES string of the molecule is CC1(C)CCc2sc(CN)nc21. The van der Waals surface area contributed by atoms with Crippen LogP contribution in [0.2, 0.25) is 0 Å². The van der Waals surface area contributed by atoms with Crippen molar-refractivity contribution in [1.29, 1.82) is 0 Å². The third-order valence-electron chi connectivity index (χ3n) is 2.53. The Hall–Kier alpha value is -0.410. The molecular weight excluding hydrogens is 168 g/mol. The van der Waals surface area contributed by atoms with Gasteiger partial charge in [0.05, 0.1) is 5.69 Å². The van der Waals surface area contributed by atoms with Crippen LogP contribution >= 0.6 is 11.3 Å². The van der Waals surface area contributed by atoms with Crippen molar-refractivity contribution in [2.75, 3.05) is 0 Å². The topological polar surface area (TPSA) is 38.9 Å².